The molecule has 9 heteroatoms. The smallest absolute Gasteiger partial charge is 0.230 e. The van der Waals surface area contributed by atoms with E-state index in [-0.39, 0.29) is 11.4 Å². The van der Waals surface area contributed by atoms with Crippen LogP contribution in [0, 0.1) is 17.8 Å². The fourth-order valence-electron chi connectivity index (χ4n) is 6.61. The molecule has 174 valence electrons. The topological polar surface area (TPSA) is 72.7 Å². The van der Waals surface area contributed by atoms with Crippen molar-refractivity contribution < 1.29 is 4.79 Å². The Labute approximate surface area is 206 Å². The molecule has 4 aliphatic carbocycles. The average molecular weight is 500 g/mol. The quantitative estimate of drug-likeness (QED) is 0.420. The monoisotopic (exact) mass is 499 g/mol. The van der Waals surface area contributed by atoms with Gasteiger partial charge in [0.1, 0.15) is 5.82 Å². The van der Waals surface area contributed by atoms with Crippen LogP contribution < -0.4 is 5.32 Å². The summed E-state index contributed by atoms with van der Waals surface area (Å²) in [5.74, 6) is 4.73. The van der Waals surface area contributed by atoms with Gasteiger partial charge in [-0.25, -0.2) is 4.98 Å². The molecular formula is C24H29N5OS3. The van der Waals surface area contributed by atoms with Gasteiger partial charge in [-0.2, -0.15) is 0 Å². The van der Waals surface area contributed by atoms with Crippen LogP contribution in [0.3, 0.4) is 0 Å². The maximum Gasteiger partial charge on any atom is 0.230 e. The number of fused-ring (bicyclic) bond motifs is 1. The van der Waals surface area contributed by atoms with Gasteiger partial charge in [0.25, 0.3) is 0 Å². The zero-order valence-corrected chi connectivity index (χ0v) is 21.3. The van der Waals surface area contributed by atoms with Gasteiger partial charge < -0.3 is 9.88 Å². The minimum absolute atomic E-state index is 0.0733. The molecule has 0 saturated heterocycles. The first-order valence-electron chi connectivity index (χ1n) is 11.9. The molecule has 7 rings (SSSR count). The van der Waals surface area contributed by atoms with Crippen LogP contribution in [-0.4, -0.2) is 36.9 Å². The van der Waals surface area contributed by atoms with Gasteiger partial charge in [0.2, 0.25) is 5.91 Å². The minimum Gasteiger partial charge on any atom is -0.350 e. The lowest BCUT2D eigenvalue weighted by Crippen LogP contribution is -2.60. The summed E-state index contributed by atoms with van der Waals surface area (Å²) in [6.07, 6.45) is 7.74. The molecule has 4 aliphatic rings. The molecule has 0 radical (unpaired) electrons. The summed E-state index contributed by atoms with van der Waals surface area (Å²) in [6.45, 7) is 2.90. The number of rotatable bonds is 8. The Morgan fingerprint density at radius 1 is 1.12 bits per heavy atom. The third-order valence-electron chi connectivity index (χ3n) is 7.48. The van der Waals surface area contributed by atoms with Crippen molar-refractivity contribution in [2.45, 2.75) is 72.8 Å². The van der Waals surface area contributed by atoms with E-state index in [0.717, 1.165) is 50.9 Å². The fraction of sp³-hybridized carbons (Fsp3) is 0.583. The number of carbonyl (C=O) groups excluding carboxylic acids is 1. The molecule has 1 N–H and O–H groups in total. The van der Waals surface area contributed by atoms with Gasteiger partial charge in [0.15, 0.2) is 9.50 Å². The zero-order chi connectivity index (χ0) is 22.4. The van der Waals surface area contributed by atoms with Crippen LogP contribution in [0.25, 0.3) is 10.2 Å². The molecule has 0 aliphatic heterocycles. The molecule has 1 aromatic carbocycles. The number of para-hydroxylation sites is 1. The van der Waals surface area contributed by atoms with Crippen molar-refractivity contribution in [3.05, 3.63) is 30.1 Å². The minimum atomic E-state index is 0.0733. The maximum absolute atomic E-state index is 12.9. The summed E-state index contributed by atoms with van der Waals surface area (Å²) < 4.78 is 4.38. The number of amides is 1. The van der Waals surface area contributed by atoms with E-state index in [9.17, 15) is 4.79 Å². The van der Waals surface area contributed by atoms with Gasteiger partial charge in [0, 0.05) is 12.1 Å². The van der Waals surface area contributed by atoms with Gasteiger partial charge in [-0.05, 0) is 75.3 Å². The maximum atomic E-state index is 12.9. The van der Waals surface area contributed by atoms with Crippen molar-refractivity contribution >= 4 is 51.0 Å². The molecule has 3 aromatic rings. The summed E-state index contributed by atoms with van der Waals surface area (Å²) in [5, 5.41) is 13.1. The Morgan fingerprint density at radius 2 is 1.85 bits per heavy atom. The first kappa shape index (κ1) is 21.9. The average Bonchev–Trinajstić information content (AvgIpc) is 3.38. The first-order chi connectivity index (χ1) is 16.1. The second kappa shape index (κ2) is 8.89. The molecule has 4 bridgehead atoms. The van der Waals surface area contributed by atoms with E-state index in [1.54, 1.807) is 23.1 Å². The van der Waals surface area contributed by atoms with Crippen molar-refractivity contribution in [1.29, 1.82) is 0 Å². The number of thiazole rings is 1. The number of nitrogens with zero attached hydrogens (tertiary/aromatic N) is 4. The van der Waals surface area contributed by atoms with E-state index in [2.05, 4.69) is 33.1 Å². The molecule has 2 aromatic heterocycles. The molecule has 4 fully saturated rings. The third kappa shape index (κ3) is 4.44. The highest BCUT2D eigenvalue weighted by Crippen LogP contribution is 2.55. The number of nitrogens with one attached hydrogen (secondary N) is 1. The van der Waals surface area contributed by atoms with Gasteiger partial charge in [-0.3, -0.25) is 4.79 Å². The SMILES string of the molecule is CCn1c(CSc2nc3ccccc3s2)nnc1SCC(=O)NC12CC3CC(CC(C3)C1)C2. The molecular weight excluding hydrogens is 470 g/mol. The van der Waals surface area contributed by atoms with Gasteiger partial charge >= 0.3 is 0 Å². The molecule has 0 atom stereocenters. The number of hydrogen-bond acceptors (Lipinski definition) is 7. The summed E-state index contributed by atoms with van der Waals surface area (Å²) in [7, 11) is 0. The van der Waals surface area contributed by atoms with Crippen LogP contribution in [0.15, 0.2) is 33.8 Å². The van der Waals surface area contributed by atoms with E-state index in [1.165, 1.54) is 55.0 Å². The van der Waals surface area contributed by atoms with Crippen molar-refractivity contribution in [2.24, 2.45) is 17.8 Å². The van der Waals surface area contributed by atoms with E-state index >= 15 is 0 Å². The summed E-state index contributed by atoms with van der Waals surface area (Å²) >= 11 is 4.92. The molecule has 2 heterocycles. The van der Waals surface area contributed by atoms with Crippen molar-refractivity contribution in [3.63, 3.8) is 0 Å². The highest BCUT2D eigenvalue weighted by atomic mass is 32.2. The van der Waals surface area contributed by atoms with Crippen LogP contribution >= 0.6 is 34.9 Å². The number of hydrogen-bond donors (Lipinski definition) is 1. The largest absolute Gasteiger partial charge is 0.350 e. The molecule has 6 nitrogen and oxygen atoms in total. The zero-order valence-electron chi connectivity index (χ0n) is 18.8. The van der Waals surface area contributed by atoms with Crippen LogP contribution in [0.2, 0.25) is 0 Å². The first-order valence-corrected chi connectivity index (χ1v) is 14.7. The highest BCUT2D eigenvalue weighted by molar-refractivity contribution is 8.00. The van der Waals surface area contributed by atoms with E-state index in [4.69, 9.17) is 4.98 Å². The van der Waals surface area contributed by atoms with Gasteiger partial charge in [-0.1, -0.05) is 35.7 Å². The Balaban J connectivity index is 1.06. The van der Waals surface area contributed by atoms with Crippen LogP contribution in [0.4, 0.5) is 0 Å². The Morgan fingerprint density at radius 3 is 2.55 bits per heavy atom. The van der Waals surface area contributed by atoms with Gasteiger partial charge in [0.05, 0.1) is 21.7 Å². The molecule has 1 amide bonds. The lowest BCUT2D eigenvalue weighted by atomic mass is 9.53. The van der Waals surface area contributed by atoms with Crippen molar-refractivity contribution in [1.82, 2.24) is 25.1 Å². The third-order valence-corrected chi connectivity index (χ3v) is 10.6. The second-order valence-electron chi connectivity index (χ2n) is 9.91. The van der Waals surface area contributed by atoms with E-state index < -0.39 is 0 Å². The predicted molar refractivity (Wildman–Crippen MR) is 135 cm³/mol. The van der Waals surface area contributed by atoms with E-state index in [1.807, 2.05) is 18.2 Å². The molecule has 33 heavy (non-hydrogen) atoms. The Bertz CT molecular complexity index is 1100. The number of benzene rings is 1. The van der Waals surface area contributed by atoms with Crippen LogP contribution in [-0.2, 0) is 17.1 Å². The summed E-state index contributed by atoms with van der Waals surface area (Å²) in [5.41, 5.74) is 1.12. The lowest BCUT2D eigenvalue weighted by Gasteiger charge is -2.56. The van der Waals surface area contributed by atoms with Crippen molar-refractivity contribution in [2.75, 3.05) is 5.75 Å². The molecule has 0 spiro atoms. The Hall–Kier alpha value is -1.58. The molecule has 4 saturated carbocycles. The lowest BCUT2D eigenvalue weighted by molar-refractivity contribution is -0.124. The molecule has 0 unspecified atom stereocenters. The van der Waals surface area contributed by atoms with Crippen LogP contribution in [0.1, 0.15) is 51.3 Å². The number of aromatic nitrogens is 4. The second-order valence-corrected chi connectivity index (χ2v) is 13.1. The Kier molecular flexibility index (Phi) is 5.91. The summed E-state index contributed by atoms with van der Waals surface area (Å²) in [6, 6.07) is 8.22. The van der Waals surface area contributed by atoms with Crippen LogP contribution in [0.5, 0.6) is 0 Å². The predicted octanol–water partition coefficient (Wildman–Crippen LogP) is 5.38. The normalized spacial score (nSPS) is 28.0. The van der Waals surface area contributed by atoms with Crippen molar-refractivity contribution in [3.8, 4) is 0 Å². The fourth-order valence-corrected chi connectivity index (χ4v) is 9.44. The standard InChI is InChI=1S/C24H29N5OS3/c1-2-29-20(13-32-23-25-18-5-3-4-6-19(18)33-23)27-28-22(29)31-14-21(30)26-24-10-15-7-16(11-24)9-17(8-15)12-24/h3-6,15-17H,2,7-14H2,1H3,(H,26,30). The van der Waals surface area contributed by atoms with Gasteiger partial charge in [-0.15, -0.1) is 21.5 Å². The highest BCUT2D eigenvalue weighted by Gasteiger charge is 2.51. The number of thioether (sulfide) groups is 2. The van der Waals surface area contributed by atoms with E-state index in [0.29, 0.717) is 5.75 Å². The number of carbonyl (C=O) groups is 1. The summed E-state index contributed by atoms with van der Waals surface area (Å²) in [4.78, 5) is 17.6.